The summed E-state index contributed by atoms with van der Waals surface area (Å²) in [4.78, 5) is 14.1. The summed E-state index contributed by atoms with van der Waals surface area (Å²) < 4.78 is 30.0. The van der Waals surface area contributed by atoms with Crippen LogP contribution in [-0.4, -0.2) is 37.2 Å². The fourth-order valence-corrected chi connectivity index (χ4v) is 4.12. The summed E-state index contributed by atoms with van der Waals surface area (Å²) in [5, 5.41) is 13.6. The molecule has 0 aliphatic carbocycles. The van der Waals surface area contributed by atoms with Crippen molar-refractivity contribution >= 4 is 39.0 Å². The summed E-state index contributed by atoms with van der Waals surface area (Å²) in [7, 11) is -3.63. The minimum Gasteiger partial charge on any atom is -0.428 e. The van der Waals surface area contributed by atoms with Gasteiger partial charge in [0, 0.05) is 12.1 Å². The Hall–Kier alpha value is -1.71. The number of nitro benzene ring substituents is 1. The Labute approximate surface area is 138 Å². The van der Waals surface area contributed by atoms with Crippen LogP contribution < -0.4 is 5.32 Å². The largest absolute Gasteiger partial charge is 0.428 e. The van der Waals surface area contributed by atoms with Crippen molar-refractivity contribution in [3.63, 3.8) is 0 Å². The molecule has 1 saturated heterocycles. The Morgan fingerprint density at radius 1 is 1.35 bits per heavy atom. The van der Waals surface area contributed by atoms with E-state index in [1.807, 2.05) is 0 Å². The molecule has 8 nitrogen and oxygen atoms in total. The highest BCUT2D eigenvalue weighted by atomic mass is 35.5. The number of fused-ring (bicyclic) bond motifs is 1. The number of sulfone groups is 1. The van der Waals surface area contributed by atoms with Gasteiger partial charge in [0.05, 0.1) is 10.7 Å². The van der Waals surface area contributed by atoms with Gasteiger partial charge in [0.1, 0.15) is 5.52 Å². The van der Waals surface area contributed by atoms with E-state index >= 15 is 0 Å². The van der Waals surface area contributed by atoms with Crippen LogP contribution >= 0.6 is 12.4 Å². The van der Waals surface area contributed by atoms with E-state index < -0.39 is 14.8 Å². The molecule has 1 aromatic heterocycles. The van der Waals surface area contributed by atoms with E-state index in [0.717, 1.165) is 25.9 Å². The van der Waals surface area contributed by atoms with Crippen molar-refractivity contribution in [2.75, 3.05) is 18.8 Å². The second kappa shape index (κ2) is 6.81. The van der Waals surface area contributed by atoms with E-state index in [1.165, 1.54) is 18.2 Å². The summed E-state index contributed by atoms with van der Waals surface area (Å²) in [5.74, 6) is 0.0689. The van der Waals surface area contributed by atoms with Crippen LogP contribution in [0, 0.1) is 16.0 Å². The number of hydrogen-bond donors (Lipinski definition) is 1. The van der Waals surface area contributed by atoms with Crippen molar-refractivity contribution in [2.45, 2.75) is 18.1 Å². The Morgan fingerprint density at radius 2 is 2.04 bits per heavy atom. The van der Waals surface area contributed by atoms with Crippen LogP contribution in [0.3, 0.4) is 0 Å². The Kier molecular flexibility index (Phi) is 5.23. The lowest BCUT2D eigenvalue weighted by molar-refractivity contribution is -0.384. The van der Waals surface area contributed by atoms with Gasteiger partial charge < -0.3 is 9.73 Å². The molecule has 0 spiro atoms. The monoisotopic (exact) mass is 361 g/mol. The van der Waals surface area contributed by atoms with Crippen molar-refractivity contribution < 1.29 is 17.8 Å². The Morgan fingerprint density at radius 3 is 2.70 bits per heavy atom. The van der Waals surface area contributed by atoms with Gasteiger partial charge in [0.2, 0.25) is 9.84 Å². The number of piperidine rings is 1. The minimum absolute atomic E-state index is 0. The first kappa shape index (κ1) is 17.6. The summed E-state index contributed by atoms with van der Waals surface area (Å²) in [6, 6.07) is 3.84. The van der Waals surface area contributed by atoms with Crippen LogP contribution in [0.1, 0.15) is 12.8 Å². The predicted molar refractivity (Wildman–Crippen MR) is 85.6 cm³/mol. The van der Waals surface area contributed by atoms with Gasteiger partial charge >= 0.3 is 5.22 Å². The van der Waals surface area contributed by atoms with Crippen LogP contribution in [0.5, 0.6) is 0 Å². The lowest BCUT2D eigenvalue weighted by Gasteiger charge is -2.21. The zero-order valence-corrected chi connectivity index (χ0v) is 13.7. The molecule has 0 amide bonds. The maximum Gasteiger partial charge on any atom is 0.316 e. The quantitative estimate of drug-likeness (QED) is 0.653. The molecule has 0 saturated carbocycles. The molecule has 126 valence electrons. The van der Waals surface area contributed by atoms with Gasteiger partial charge in [-0.15, -0.1) is 12.4 Å². The van der Waals surface area contributed by atoms with Gasteiger partial charge in [-0.3, -0.25) is 10.1 Å². The number of oxazole rings is 1. The highest BCUT2D eigenvalue weighted by Gasteiger charge is 2.27. The van der Waals surface area contributed by atoms with Crippen molar-refractivity contribution in [1.82, 2.24) is 10.3 Å². The molecule has 1 fully saturated rings. The van der Waals surface area contributed by atoms with E-state index in [0.29, 0.717) is 0 Å². The molecule has 1 aromatic carbocycles. The lowest BCUT2D eigenvalue weighted by atomic mass is 10.0. The zero-order chi connectivity index (χ0) is 15.7. The van der Waals surface area contributed by atoms with Crippen LogP contribution in [0.4, 0.5) is 5.69 Å². The average molecular weight is 362 g/mol. The lowest BCUT2D eigenvalue weighted by Crippen LogP contribution is -2.31. The predicted octanol–water partition coefficient (Wildman–Crippen LogP) is 1.93. The molecule has 2 aromatic rings. The average Bonchev–Trinajstić information content (AvgIpc) is 2.91. The molecular formula is C13H16ClN3O5S. The molecule has 1 aliphatic heterocycles. The summed E-state index contributed by atoms with van der Waals surface area (Å²) >= 11 is 0. The van der Waals surface area contributed by atoms with E-state index in [9.17, 15) is 18.5 Å². The van der Waals surface area contributed by atoms with Crippen LogP contribution in [0.25, 0.3) is 11.1 Å². The van der Waals surface area contributed by atoms with Crippen LogP contribution in [-0.2, 0) is 9.84 Å². The first-order chi connectivity index (χ1) is 10.5. The van der Waals surface area contributed by atoms with E-state index in [4.69, 9.17) is 4.42 Å². The maximum absolute atomic E-state index is 12.4. The maximum atomic E-state index is 12.4. The standard InChI is InChI=1S/C13H15N3O5S.ClH/c17-16(18)10-1-2-12-11(7-10)15-13(21-12)22(19,20)8-9-3-5-14-6-4-9;/h1-2,7,9,14H,3-6,8H2;1H. The highest BCUT2D eigenvalue weighted by molar-refractivity contribution is 7.91. The van der Waals surface area contributed by atoms with Crippen LogP contribution in [0.2, 0.25) is 0 Å². The highest BCUT2D eigenvalue weighted by Crippen LogP contribution is 2.25. The van der Waals surface area contributed by atoms with Crippen LogP contribution in [0.15, 0.2) is 27.8 Å². The van der Waals surface area contributed by atoms with Gasteiger partial charge in [0.25, 0.3) is 5.69 Å². The molecular weight excluding hydrogens is 346 g/mol. The number of nitrogens with zero attached hydrogens (tertiary/aromatic N) is 2. The smallest absolute Gasteiger partial charge is 0.316 e. The third kappa shape index (κ3) is 3.80. The topological polar surface area (TPSA) is 115 Å². The van der Waals surface area contributed by atoms with Crippen molar-refractivity contribution in [3.8, 4) is 0 Å². The number of nitro groups is 1. The first-order valence-corrected chi connectivity index (χ1v) is 8.59. The number of hydrogen-bond acceptors (Lipinski definition) is 7. The van der Waals surface area contributed by atoms with Crippen molar-refractivity contribution in [1.29, 1.82) is 0 Å². The van der Waals surface area contributed by atoms with E-state index in [-0.39, 0.29) is 46.1 Å². The number of non-ortho nitro benzene ring substituents is 1. The zero-order valence-electron chi connectivity index (χ0n) is 12.1. The molecule has 0 unspecified atom stereocenters. The van der Waals surface area contributed by atoms with Gasteiger partial charge in [-0.2, -0.15) is 4.98 Å². The number of benzene rings is 1. The molecule has 1 N–H and O–H groups in total. The molecule has 2 heterocycles. The molecule has 1 aliphatic rings. The fraction of sp³-hybridized carbons (Fsp3) is 0.462. The molecule has 10 heteroatoms. The Balaban J connectivity index is 0.00000192. The molecule has 0 radical (unpaired) electrons. The third-order valence-electron chi connectivity index (χ3n) is 3.74. The second-order valence-corrected chi connectivity index (χ2v) is 7.28. The number of nitrogens with one attached hydrogen (secondary N) is 1. The number of aromatic nitrogens is 1. The summed E-state index contributed by atoms with van der Waals surface area (Å²) in [6.45, 7) is 1.61. The number of halogens is 1. The van der Waals surface area contributed by atoms with Gasteiger partial charge in [-0.05, 0) is 37.9 Å². The van der Waals surface area contributed by atoms with Gasteiger partial charge in [-0.1, -0.05) is 0 Å². The molecule has 0 atom stereocenters. The third-order valence-corrected chi connectivity index (χ3v) is 5.36. The minimum atomic E-state index is -3.63. The molecule has 0 bridgehead atoms. The number of rotatable bonds is 4. The van der Waals surface area contributed by atoms with E-state index in [2.05, 4.69) is 10.3 Å². The molecule has 3 rings (SSSR count). The van der Waals surface area contributed by atoms with Gasteiger partial charge in [0.15, 0.2) is 5.58 Å². The second-order valence-electron chi connectivity index (χ2n) is 5.36. The van der Waals surface area contributed by atoms with Gasteiger partial charge in [-0.25, -0.2) is 8.42 Å². The SMILES string of the molecule is Cl.O=[N+]([O-])c1ccc2oc(S(=O)(=O)CC3CCNCC3)nc2c1. The summed E-state index contributed by atoms with van der Waals surface area (Å²) in [5.41, 5.74) is 0.260. The van der Waals surface area contributed by atoms with E-state index in [1.54, 1.807) is 0 Å². The van der Waals surface area contributed by atoms with Crippen molar-refractivity contribution in [2.24, 2.45) is 5.92 Å². The van der Waals surface area contributed by atoms with Crippen molar-refractivity contribution in [3.05, 3.63) is 28.3 Å². The molecule has 23 heavy (non-hydrogen) atoms. The first-order valence-electron chi connectivity index (χ1n) is 6.94. The summed E-state index contributed by atoms with van der Waals surface area (Å²) in [6.07, 6.45) is 1.59. The fourth-order valence-electron chi connectivity index (χ4n) is 2.57. The normalized spacial score (nSPS) is 16.2. The Bertz CT molecular complexity index is 814.